The van der Waals surface area contributed by atoms with Gasteiger partial charge in [-0.2, -0.15) is 0 Å². The number of carbonyl (C=O) groups is 3. The highest BCUT2D eigenvalue weighted by Gasteiger charge is 2.37. The number of amides is 3. The molecule has 2 aliphatic heterocycles. The first-order chi connectivity index (χ1) is 13.4. The minimum Gasteiger partial charge on any atom is -0.333 e. The molecule has 0 bridgehead atoms. The standard InChI is InChI=1S/C19H19ClN4O3S/c1-3-24-15(25)10-22(2)18(27)16-13-4-5-23(9-14(13)28-19(16)24)17(26)11-6-12(20)8-21-7-11/h6-8H,3-5,9-10H2,1-2H3. The Hall–Kier alpha value is -2.45. The molecule has 0 aromatic carbocycles. The zero-order valence-electron chi connectivity index (χ0n) is 15.6. The third-order valence-corrected chi connectivity index (χ3v) is 6.52. The van der Waals surface area contributed by atoms with Gasteiger partial charge in [-0.15, -0.1) is 11.3 Å². The highest BCUT2D eigenvalue weighted by Crippen LogP contribution is 2.41. The lowest BCUT2D eigenvalue weighted by Gasteiger charge is -2.27. The minimum atomic E-state index is -0.142. The van der Waals surface area contributed by atoms with Crippen molar-refractivity contribution in [2.24, 2.45) is 0 Å². The van der Waals surface area contributed by atoms with Gasteiger partial charge in [-0.25, -0.2) is 0 Å². The molecule has 0 radical (unpaired) electrons. The van der Waals surface area contributed by atoms with Crippen LogP contribution in [0.3, 0.4) is 0 Å². The number of thiophene rings is 1. The fourth-order valence-electron chi connectivity index (χ4n) is 3.67. The van der Waals surface area contributed by atoms with Gasteiger partial charge in [0, 0.05) is 37.4 Å². The Labute approximate surface area is 171 Å². The lowest BCUT2D eigenvalue weighted by Crippen LogP contribution is -2.38. The van der Waals surface area contributed by atoms with E-state index in [1.54, 1.807) is 22.9 Å². The average Bonchev–Trinajstić information content (AvgIpc) is 3.01. The molecule has 0 unspecified atom stereocenters. The number of anilines is 1. The Kier molecular flexibility index (Phi) is 4.84. The molecule has 9 heteroatoms. The van der Waals surface area contributed by atoms with Crippen molar-refractivity contribution in [2.45, 2.75) is 19.9 Å². The lowest BCUT2D eigenvalue weighted by atomic mass is 10.0. The topological polar surface area (TPSA) is 73.8 Å². The minimum absolute atomic E-state index is 0.0786. The van der Waals surface area contributed by atoms with Crippen LogP contribution in [0, 0.1) is 0 Å². The van der Waals surface area contributed by atoms with Gasteiger partial charge in [0.05, 0.1) is 22.7 Å². The quantitative estimate of drug-likeness (QED) is 0.750. The van der Waals surface area contributed by atoms with Crippen molar-refractivity contribution in [3.8, 4) is 0 Å². The maximum absolute atomic E-state index is 12.9. The van der Waals surface area contributed by atoms with E-state index < -0.39 is 0 Å². The summed E-state index contributed by atoms with van der Waals surface area (Å²) in [5.74, 6) is -0.361. The van der Waals surface area contributed by atoms with Gasteiger partial charge in [0.15, 0.2) is 0 Å². The largest absolute Gasteiger partial charge is 0.333 e. The highest BCUT2D eigenvalue weighted by atomic mass is 35.5. The first-order valence-corrected chi connectivity index (χ1v) is 10.2. The molecule has 0 fully saturated rings. The molecule has 28 heavy (non-hydrogen) atoms. The Morgan fingerprint density at radius 3 is 2.79 bits per heavy atom. The summed E-state index contributed by atoms with van der Waals surface area (Å²) in [5, 5.41) is 1.11. The molecule has 0 saturated carbocycles. The van der Waals surface area contributed by atoms with Crippen molar-refractivity contribution in [1.29, 1.82) is 0 Å². The lowest BCUT2D eigenvalue weighted by molar-refractivity contribution is -0.118. The zero-order valence-corrected chi connectivity index (χ0v) is 17.1. The summed E-state index contributed by atoms with van der Waals surface area (Å²) in [4.78, 5) is 48.1. The van der Waals surface area contributed by atoms with Crippen LogP contribution in [0.1, 0.15) is 38.1 Å². The molecule has 146 valence electrons. The van der Waals surface area contributed by atoms with Crippen LogP contribution in [-0.4, -0.2) is 59.2 Å². The van der Waals surface area contributed by atoms with Crippen molar-refractivity contribution in [1.82, 2.24) is 14.8 Å². The van der Waals surface area contributed by atoms with Gasteiger partial charge in [0.1, 0.15) is 11.5 Å². The molecule has 7 nitrogen and oxygen atoms in total. The number of halogens is 1. The maximum atomic E-state index is 12.9. The summed E-state index contributed by atoms with van der Waals surface area (Å²) >= 11 is 7.39. The predicted octanol–water partition coefficient (Wildman–Crippen LogP) is 2.43. The first-order valence-electron chi connectivity index (χ1n) is 9.01. The molecule has 0 atom stereocenters. The van der Waals surface area contributed by atoms with Gasteiger partial charge < -0.3 is 14.7 Å². The van der Waals surface area contributed by atoms with Crippen molar-refractivity contribution >= 4 is 45.7 Å². The van der Waals surface area contributed by atoms with Crippen molar-refractivity contribution in [3.05, 3.63) is 45.1 Å². The van der Waals surface area contributed by atoms with Crippen LogP contribution in [-0.2, 0) is 17.8 Å². The van der Waals surface area contributed by atoms with Gasteiger partial charge in [-0.3, -0.25) is 19.4 Å². The van der Waals surface area contributed by atoms with Crippen LogP contribution in [0.25, 0.3) is 0 Å². The second-order valence-electron chi connectivity index (χ2n) is 6.85. The zero-order chi connectivity index (χ0) is 20.0. The number of nitrogens with zero attached hydrogens (tertiary/aromatic N) is 4. The van der Waals surface area contributed by atoms with E-state index in [-0.39, 0.29) is 24.3 Å². The fraction of sp³-hybridized carbons (Fsp3) is 0.368. The van der Waals surface area contributed by atoms with Crippen LogP contribution in [0.15, 0.2) is 18.5 Å². The van der Waals surface area contributed by atoms with E-state index in [4.69, 9.17) is 11.6 Å². The third-order valence-electron chi connectivity index (χ3n) is 5.07. The number of aromatic nitrogens is 1. The molecule has 3 amide bonds. The van der Waals surface area contributed by atoms with Crippen LogP contribution < -0.4 is 4.90 Å². The number of hydrogen-bond acceptors (Lipinski definition) is 5. The van der Waals surface area contributed by atoms with Gasteiger partial charge in [0.25, 0.3) is 11.8 Å². The molecule has 4 rings (SSSR count). The van der Waals surface area contributed by atoms with E-state index >= 15 is 0 Å². The second kappa shape index (κ2) is 7.18. The number of fused-ring (bicyclic) bond motifs is 3. The number of likely N-dealkylation sites (N-methyl/N-ethyl adjacent to an activating group) is 2. The average molecular weight is 419 g/mol. The van der Waals surface area contributed by atoms with E-state index in [9.17, 15) is 14.4 Å². The molecule has 2 aromatic rings. The van der Waals surface area contributed by atoms with Crippen LogP contribution in [0.5, 0.6) is 0 Å². The first kappa shape index (κ1) is 18.9. The number of rotatable bonds is 2. The fourth-order valence-corrected chi connectivity index (χ4v) is 5.28. The summed E-state index contributed by atoms with van der Waals surface area (Å²) in [7, 11) is 1.65. The second-order valence-corrected chi connectivity index (χ2v) is 8.37. The SMILES string of the molecule is CCN1C(=O)CN(C)C(=O)c2c1sc1c2CCN(C(=O)c2cncc(Cl)c2)C1. The van der Waals surface area contributed by atoms with Gasteiger partial charge >= 0.3 is 0 Å². The molecular weight excluding hydrogens is 400 g/mol. The summed E-state index contributed by atoms with van der Waals surface area (Å²) in [5.41, 5.74) is 2.01. The van der Waals surface area contributed by atoms with Crippen molar-refractivity contribution in [2.75, 3.05) is 31.6 Å². The number of pyridine rings is 1. The number of hydrogen-bond donors (Lipinski definition) is 0. The molecule has 2 aliphatic rings. The summed E-state index contributed by atoms with van der Waals surface area (Å²) in [6, 6.07) is 1.60. The molecule has 0 N–H and O–H groups in total. The van der Waals surface area contributed by atoms with Gasteiger partial charge in [-0.1, -0.05) is 11.6 Å². The Morgan fingerprint density at radius 1 is 1.29 bits per heavy atom. The van der Waals surface area contributed by atoms with E-state index in [2.05, 4.69) is 4.98 Å². The van der Waals surface area contributed by atoms with E-state index in [1.165, 1.54) is 28.6 Å². The smallest absolute Gasteiger partial charge is 0.257 e. The summed E-state index contributed by atoms with van der Waals surface area (Å²) in [6.45, 7) is 3.39. The van der Waals surface area contributed by atoms with Gasteiger partial charge in [0.2, 0.25) is 5.91 Å². The summed E-state index contributed by atoms with van der Waals surface area (Å²) in [6.07, 6.45) is 3.57. The van der Waals surface area contributed by atoms with Crippen LogP contribution >= 0.6 is 22.9 Å². The maximum Gasteiger partial charge on any atom is 0.257 e. The molecule has 4 heterocycles. The summed E-state index contributed by atoms with van der Waals surface area (Å²) < 4.78 is 0. The van der Waals surface area contributed by atoms with Crippen LogP contribution in [0.4, 0.5) is 5.00 Å². The molecule has 0 saturated heterocycles. The highest BCUT2D eigenvalue weighted by molar-refractivity contribution is 7.17. The van der Waals surface area contributed by atoms with Crippen molar-refractivity contribution < 1.29 is 14.4 Å². The van der Waals surface area contributed by atoms with Gasteiger partial charge in [-0.05, 0) is 25.0 Å². The predicted molar refractivity (Wildman–Crippen MR) is 107 cm³/mol. The molecular formula is C19H19ClN4O3S. The number of carbonyl (C=O) groups excluding carboxylic acids is 3. The van der Waals surface area contributed by atoms with E-state index in [1.807, 2.05) is 6.92 Å². The Morgan fingerprint density at radius 2 is 2.07 bits per heavy atom. The molecule has 0 aliphatic carbocycles. The molecule has 2 aromatic heterocycles. The van der Waals surface area contributed by atoms with E-state index in [0.29, 0.717) is 47.2 Å². The Balaban J connectivity index is 1.69. The Bertz CT molecular complexity index is 990. The van der Waals surface area contributed by atoms with Crippen LogP contribution in [0.2, 0.25) is 5.02 Å². The third kappa shape index (κ3) is 3.06. The monoisotopic (exact) mass is 418 g/mol. The van der Waals surface area contributed by atoms with Crippen molar-refractivity contribution in [3.63, 3.8) is 0 Å². The molecule has 0 spiro atoms. The normalized spacial score (nSPS) is 16.8. The van der Waals surface area contributed by atoms with E-state index in [0.717, 1.165) is 10.4 Å².